The molecule has 0 aliphatic heterocycles. The Hall–Kier alpha value is -2.42. The van der Waals surface area contributed by atoms with E-state index in [-0.39, 0.29) is 5.41 Å². The van der Waals surface area contributed by atoms with Crippen molar-refractivity contribution in [2.45, 2.75) is 33.1 Å². The summed E-state index contributed by atoms with van der Waals surface area (Å²) in [6.07, 6.45) is 2.76. The second kappa shape index (κ2) is 5.09. The zero-order chi connectivity index (χ0) is 15.9. The molecule has 0 radical (unpaired) electrons. The molecule has 0 N–H and O–H groups in total. The first-order valence-electron chi connectivity index (χ1n) is 7.45. The van der Waals surface area contributed by atoms with Crippen LogP contribution in [0.2, 0.25) is 0 Å². The van der Waals surface area contributed by atoms with Crippen molar-refractivity contribution in [2.75, 3.05) is 0 Å². The first-order chi connectivity index (χ1) is 10.4. The van der Waals surface area contributed by atoms with Gasteiger partial charge in [0, 0.05) is 11.8 Å². The van der Waals surface area contributed by atoms with Crippen molar-refractivity contribution in [1.29, 1.82) is 0 Å². The highest BCUT2D eigenvalue weighted by molar-refractivity contribution is 5.86. The normalized spacial score (nSPS) is 11.8. The molecule has 0 atom stereocenters. The third kappa shape index (κ3) is 2.33. The minimum absolute atomic E-state index is 0.113. The molecule has 0 amide bonds. The summed E-state index contributed by atoms with van der Waals surface area (Å²) in [7, 11) is 0. The van der Waals surface area contributed by atoms with Crippen molar-refractivity contribution >= 4 is 11.9 Å². The highest BCUT2D eigenvalue weighted by Gasteiger charge is 2.17. The fraction of sp³-hybridized carbons (Fsp3) is 0.263. The zero-order valence-corrected chi connectivity index (χ0v) is 13.4. The van der Waals surface area contributed by atoms with E-state index in [1.807, 2.05) is 41.8 Å². The second-order valence-electron chi connectivity index (χ2n) is 6.68. The molecule has 0 saturated carbocycles. The number of fused-ring (bicyclic) bond motifs is 1. The molecular weight excluding hydrogens is 272 g/mol. The van der Waals surface area contributed by atoms with Gasteiger partial charge in [-0.1, -0.05) is 51.1 Å². The lowest BCUT2D eigenvalue weighted by molar-refractivity contribution is 0.111. The fourth-order valence-electron chi connectivity index (χ4n) is 2.68. The van der Waals surface area contributed by atoms with Gasteiger partial charge in [0.2, 0.25) is 0 Å². The molecule has 3 rings (SSSR count). The van der Waals surface area contributed by atoms with Crippen LogP contribution in [-0.4, -0.2) is 15.7 Å². The van der Waals surface area contributed by atoms with Gasteiger partial charge in [-0.2, -0.15) is 0 Å². The maximum Gasteiger partial charge on any atom is 0.169 e. The number of carbonyl (C=O) groups excluding carboxylic acids is 1. The summed E-state index contributed by atoms with van der Waals surface area (Å²) in [5.74, 6) is 0. The van der Waals surface area contributed by atoms with E-state index in [1.165, 1.54) is 5.56 Å². The molecule has 22 heavy (non-hydrogen) atoms. The number of hydrogen-bond donors (Lipinski definition) is 0. The topological polar surface area (TPSA) is 34.4 Å². The molecule has 0 spiro atoms. The number of pyridine rings is 1. The smallest absolute Gasteiger partial charge is 0.169 e. The van der Waals surface area contributed by atoms with Gasteiger partial charge in [-0.25, -0.2) is 4.98 Å². The van der Waals surface area contributed by atoms with Crippen LogP contribution in [0.15, 0.2) is 42.6 Å². The zero-order valence-electron chi connectivity index (χ0n) is 13.4. The predicted molar refractivity (Wildman–Crippen MR) is 89.5 cm³/mol. The molecule has 112 valence electrons. The molecule has 0 unspecified atom stereocenters. The lowest BCUT2D eigenvalue weighted by Crippen LogP contribution is -2.10. The van der Waals surface area contributed by atoms with Crippen molar-refractivity contribution in [3.63, 3.8) is 0 Å². The fourth-order valence-corrected chi connectivity index (χ4v) is 2.68. The number of rotatable bonds is 2. The van der Waals surface area contributed by atoms with Crippen LogP contribution < -0.4 is 0 Å². The number of imidazole rings is 1. The minimum atomic E-state index is 0.113. The summed E-state index contributed by atoms with van der Waals surface area (Å²) in [6.45, 7) is 8.57. The van der Waals surface area contributed by atoms with Crippen LogP contribution in [0.3, 0.4) is 0 Å². The number of hydrogen-bond acceptors (Lipinski definition) is 2. The summed E-state index contributed by atoms with van der Waals surface area (Å²) >= 11 is 0. The largest absolute Gasteiger partial charge is 0.297 e. The van der Waals surface area contributed by atoms with Crippen LogP contribution >= 0.6 is 0 Å². The van der Waals surface area contributed by atoms with Gasteiger partial charge in [-0.3, -0.25) is 9.20 Å². The van der Waals surface area contributed by atoms with Crippen molar-refractivity contribution < 1.29 is 4.79 Å². The SMILES string of the molecule is Cc1cccn2c(C=O)c(-c3ccc(C(C)(C)C)cc3)nc12. The molecule has 3 aromatic rings. The maximum atomic E-state index is 11.6. The first-order valence-corrected chi connectivity index (χ1v) is 7.45. The van der Waals surface area contributed by atoms with E-state index < -0.39 is 0 Å². The predicted octanol–water partition coefficient (Wildman–Crippen LogP) is 4.42. The van der Waals surface area contributed by atoms with Crippen LogP contribution in [0.25, 0.3) is 16.9 Å². The van der Waals surface area contributed by atoms with Crippen LogP contribution in [0.5, 0.6) is 0 Å². The first kappa shape index (κ1) is 14.5. The maximum absolute atomic E-state index is 11.6. The molecule has 3 heteroatoms. The monoisotopic (exact) mass is 292 g/mol. The lowest BCUT2D eigenvalue weighted by atomic mass is 9.86. The van der Waals surface area contributed by atoms with E-state index in [0.29, 0.717) is 5.69 Å². The highest BCUT2D eigenvalue weighted by Crippen LogP contribution is 2.28. The van der Waals surface area contributed by atoms with Crippen LogP contribution in [0.1, 0.15) is 42.4 Å². The molecule has 2 heterocycles. The number of nitrogens with zero attached hydrogens (tertiary/aromatic N) is 2. The van der Waals surface area contributed by atoms with E-state index in [4.69, 9.17) is 0 Å². The molecule has 0 aliphatic rings. The number of benzene rings is 1. The Morgan fingerprint density at radius 2 is 1.77 bits per heavy atom. The third-order valence-electron chi connectivity index (χ3n) is 4.02. The molecule has 3 nitrogen and oxygen atoms in total. The summed E-state index contributed by atoms with van der Waals surface area (Å²) in [5, 5.41) is 0. The summed E-state index contributed by atoms with van der Waals surface area (Å²) in [4.78, 5) is 16.2. The van der Waals surface area contributed by atoms with Gasteiger partial charge in [-0.05, 0) is 29.5 Å². The van der Waals surface area contributed by atoms with Gasteiger partial charge < -0.3 is 0 Å². The Morgan fingerprint density at radius 1 is 1.09 bits per heavy atom. The van der Waals surface area contributed by atoms with Crippen molar-refractivity contribution in [2.24, 2.45) is 0 Å². The second-order valence-corrected chi connectivity index (χ2v) is 6.68. The van der Waals surface area contributed by atoms with Gasteiger partial charge in [-0.15, -0.1) is 0 Å². The quantitative estimate of drug-likeness (QED) is 0.655. The minimum Gasteiger partial charge on any atom is -0.297 e. The third-order valence-corrected chi connectivity index (χ3v) is 4.02. The Kier molecular flexibility index (Phi) is 3.36. The molecule has 2 aromatic heterocycles. The number of aldehydes is 1. The van der Waals surface area contributed by atoms with Crippen LogP contribution in [-0.2, 0) is 5.41 Å². The van der Waals surface area contributed by atoms with E-state index in [2.05, 4.69) is 37.9 Å². The van der Waals surface area contributed by atoms with Gasteiger partial charge in [0.15, 0.2) is 6.29 Å². The van der Waals surface area contributed by atoms with Crippen LogP contribution in [0, 0.1) is 6.92 Å². The van der Waals surface area contributed by atoms with Gasteiger partial charge in [0.1, 0.15) is 17.0 Å². The van der Waals surface area contributed by atoms with Crippen molar-refractivity contribution in [3.8, 4) is 11.3 Å². The highest BCUT2D eigenvalue weighted by atomic mass is 16.1. The Labute approximate surface area is 130 Å². The Balaban J connectivity index is 2.18. The van der Waals surface area contributed by atoms with E-state index in [0.717, 1.165) is 28.8 Å². The van der Waals surface area contributed by atoms with Gasteiger partial charge >= 0.3 is 0 Å². The average molecular weight is 292 g/mol. The van der Waals surface area contributed by atoms with E-state index in [9.17, 15) is 4.79 Å². The molecule has 0 bridgehead atoms. The Morgan fingerprint density at radius 3 is 2.36 bits per heavy atom. The van der Waals surface area contributed by atoms with E-state index in [1.54, 1.807) is 0 Å². The van der Waals surface area contributed by atoms with Gasteiger partial charge in [0.25, 0.3) is 0 Å². The number of carbonyl (C=O) groups is 1. The summed E-state index contributed by atoms with van der Waals surface area (Å²) in [5.41, 5.74) is 5.58. The molecule has 0 aliphatic carbocycles. The lowest BCUT2D eigenvalue weighted by Gasteiger charge is -2.18. The van der Waals surface area contributed by atoms with Crippen molar-refractivity contribution in [1.82, 2.24) is 9.38 Å². The number of aryl methyl sites for hydroxylation is 1. The molecule has 0 fully saturated rings. The van der Waals surface area contributed by atoms with E-state index >= 15 is 0 Å². The molecule has 0 saturated heterocycles. The standard InChI is InChI=1S/C19H20N2O/c1-13-6-5-11-21-16(12-22)17(20-18(13)21)14-7-9-15(10-8-14)19(2,3)4/h5-12H,1-4H3. The Bertz CT molecular complexity index is 836. The van der Waals surface area contributed by atoms with Crippen LogP contribution in [0.4, 0.5) is 0 Å². The van der Waals surface area contributed by atoms with Crippen molar-refractivity contribution in [3.05, 3.63) is 59.4 Å². The number of aromatic nitrogens is 2. The average Bonchev–Trinajstić information content (AvgIpc) is 2.86. The van der Waals surface area contributed by atoms with Gasteiger partial charge in [0.05, 0.1) is 0 Å². The summed E-state index contributed by atoms with van der Waals surface area (Å²) in [6, 6.07) is 12.3. The molecule has 1 aromatic carbocycles. The molecular formula is C19H20N2O. The summed E-state index contributed by atoms with van der Waals surface area (Å²) < 4.78 is 1.86.